The standard InChI is InChI=1S/C11H22N6/c1-5-17(6-2)11-15-9(12)14-10(16-11)13-7-8(3)4/h8H,5-7H2,1-4H3,(H3,12,13,14,15,16). The predicted molar refractivity (Wildman–Crippen MR) is 71.1 cm³/mol. The van der Waals surface area contributed by atoms with E-state index < -0.39 is 0 Å². The molecular weight excluding hydrogens is 216 g/mol. The Bertz CT molecular complexity index is 348. The molecule has 1 heterocycles. The van der Waals surface area contributed by atoms with Crippen LogP contribution in [0.4, 0.5) is 17.8 Å². The molecule has 3 N–H and O–H groups in total. The third-order valence-electron chi connectivity index (χ3n) is 2.36. The maximum Gasteiger partial charge on any atom is 0.231 e. The maximum atomic E-state index is 5.68. The second-order valence-corrected chi connectivity index (χ2v) is 4.26. The Morgan fingerprint density at radius 2 is 1.82 bits per heavy atom. The van der Waals surface area contributed by atoms with Crippen LogP contribution in [0.5, 0.6) is 0 Å². The monoisotopic (exact) mass is 238 g/mol. The van der Waals surface area contributed by atoms with Gasteiger partial charge in [0.25, 0.3) is 0 Å². The van der Waals surface area contributed by atoms with Crippen LogP contribution in [0.2, 0.25) is 0 Å². The second-order valence-electron chi connectivity index (χ2n) is 4.26. The van der Waals surface area contributed by atoms with Crippen molar-refractivity contribution in [1.82, 2.24) is 15.0 Å². The number of aromatic nitrogens is 3. The van der Waals surface area contributed by atoms with Gasteiger partial charge in [-0.25, -0.2) is 0 Å². The van der Waals surface area contributed by atoms with E-state index >= 15 is 0 Å². The van der Waals surface area contributed by atoms with Crippen molar-refractivity contribution < 1.29 is 0 Å². The van der Waals surface area contributed by atoms with Crippen LogP contribution in [-0.4, -0.2) is 34.6 Å². The third-order valence-corrected chi connectivity index (χ3v) is 2.36. The number of nitrogens with two attached hydrogens (primary N) is 1. The van der Waals surface area contributed by atoms with Crippen molar-refractivity contribution in [3.63, 3.8) is 0 Å². The van der Waals surface area contributed by atoms with Gasteiger partial charge in [-0.3, -0.25) is 0 Å². The highest BCUT2D eigenvalue weighted by molar-refractivity contribution is 5.41. The van der Waals surface area contributed by atoms with E-state index in [2.05, 4.69) is 48.0 Å². The van der Waals surface area contributed by atoms with E-state index in [4.69, 9.17) is 5.73 Å². The molecule has 0 aliphatic rings. The zero-order valence-electron chi connectivity index (χ0n) is 11.1. The lowest BCUT2D eigenvalue weighted by atomic mass is 10.2. The molecule has 0 saturated carbocycles. The van der Waals surface area contributed by atoms with Crippen LogP contribution in [-0.2, 0) is 0 Å². The number of hydrogen-bond donors (Lipinski definition) is 2. The van der Waals surface area contributed by atoms with Gasteiger partial charge in [-0.05, 0) is 19.8 Å². The molecule has 0 aromatic carbocycles. The van der Waals surface area contributed by atoms with Crippen molar-refractivity contribution in [2.24, 2.45) is 5.92 Å². The summed E-state index contributed by atoms with van der Waals surface area (Å²) in [6.45, 7) is 10.9. The molecule has 0 atom stereocenters. The lowest BCUT2D eigenvalue weighted by Crippen LogP contribution is -2.25. The Labute approximate surface area is 103 Å². The molecule has 6 nitrogen and oxygen atoms in total. The van der Waals surface area contributed by atoms with Crippen LogP contribution in [0.25, 0.3) is 0 Å². The molecule has 17 heavy (non-hydrogen) atoms. The van der Waals surface area contributed by atoms with Crippen molar-refractivity contribution in [3.05, 3.63) is 0 Å². The van der Waals surface area contributed by atoms with Gasteiger partial charge in [0.2, 0.25) is 17.8 Å². The lowest BCUT2D eigenvalue weighted by molar-refractivity contribution is 0.683. The fraction of sp³-hybridized carbons (Fsp3) is 0.727. The van der Waals surface area contributed by atoms with Gasteiger partial charge in [-0.2, -0.15) is 15.0 Å². The summed E-state index contributed by atoms with van der Waals surface area (Å²) in [6.07, 6.45) is 0. The third kappa shape index (κ3) is 4.05. The van der Waals surface area contributed by atoms with Gasteiger partial charge in [0.1, 0.15) is 0 Å². The van der Waals surface area contributed by atoms with Gasteiger partial charge in [-0.15, -0.1) is 0 Å². The van der Waals surface area contributed by atoms with Gasteiger partial charge in [0.15, 0.2) is 0 Å². The van der Waals surface area contributed by atoms with Gasteiger partial charge in [0, 0.05) is 19.6 Å². The molecule has 1 aromatic heterocycles. The van der Waals surface area contributed by atoms with E-state index in [0.717, 1.165) is 19.6 Å². The Morgan fingerprint density at radius 3 is 2.35 bits per heavy atom. The first-order valence-corrected chi connectivity index (χ1v) is 6.07. The Morgan fingerprint density at radius 1 is 1.18 bits per heavy atom. The van der Waals surface area contributed by atoms with Crippen LogP contribution < -0.4 is 16.0 Å². The number of nitrogens with one attached hydrogen (secondary N) is 1. The van der Waals surface area contributed by atoms with E-state index in [1.54, 1.807) is 0 Å². The fourth-order valence-corrected chi connectivity index (χ4v) is 1.40. The van der Waals surface area contributed by atoms with Crippen molar-refractivity contribution >= 4 is 17.8 Å². The van der Waals surface area contributed by atoms with Gasteiger partial charge >= 0.3 is 0 Å². The number of rotatable bonds is 6. The topological polar surface area (TPSA) is 80.0 Å². The highest BCUT2D eigenvalue weighted by Gasteiger charge is 2.09. The molecule has 6 heteroatoms. The molecule has 0 spiro atoms. The summed E-state index contributed by atoms with van der Waals surface area (Å²) in [7, 11) is 0. The summed E-state index contributed by atoms with van der Waals surface area (Å²) >= 11 is 0. The first-order valence-electron chi connectivity index (χ1n) is 6.07. The smallest absolute Gasteiger partial charge is 0.231 e. The number of nitrogens with zero attached hydrogens (tertiary/aromatic N) is 4. The maximum absolute atomic E-state index is 5.68. The minimum atomic E-state index is 0.258. The predicted octanol–water partition coefficient (Wildman–Crippen LogP) is 1.37. The van der Waals surface area contributed by atoms with Gasteiger partial charge in [-0.1, -0.05) is 13.8 Å². The van der Waals surface area contributed by atoms with Crippen molar-refractivity contribution in [2.45, 2.75) is 27.7 Å². The number of nitrogen functional groups attached to an aromatic ring is 1. The molecule has 0 amide bonds. The van der Waals surface area contributed by atoms with Crippen LogP contribution in [0.1, 0.15) is 27.7 Å². The summed E-state index contributed by atoms with van der Waals surface area (Å²) < 4.78 is 0. The van der Waals surface area contributed by atoms with E-state index in [1.165, 1.54) is 0 Å². The molecule has 0 bridgehead atoms. The van der Waals surface area contributed by atoms with Crippen LogP contribution in [0, 0.1) is 5.92 Å². The molecule has 0 unspecified atom stereocenters. The molecule has 1 rings (SSSR count). The van der Waals surface area contributed by atoms with Crippen LogP contribution >= 0.6 is 0 Å². The molecule has 0 aliphatic heterocycles. The first kappa shape index (κ1) is 13.5. The lowest BCUT2D eigenvalue weighted by Gasteiger charge is -2.19. The molecular formula is C11H22N6. The average molecular weight is 238 g/mol. The average Bonchev–Trinajstić information content (AvgIpc) is 2.27. The first-order chi connectivity index (χ1) is 8.06. The van der Waals surface area contributed by atoms with E-state index in [-0.39, 0.29) is 5.95 Å². The highest BCUT2D eigenvalue weighted by Crippen LogP contribution is 2.11. The Balaban J connectivity index is 2.85. The number of anilines is 3. The summed E-state index contributed by atoms with van der Waals surface area (Å²) in [5.74, 6) is 1.97. The molecule has 0 saturated heterocycles. The van der Waals surface area contributed by atoms with Crippen molar-refractivity contribution in [2.75, 3.05) is 35.6 Å². The van der Waals surface area contributed by atoms with Gasteiger partial charge < -0.3 is 16.0 Å². The zero-order valence-corrected chi connectivity index (χ0v) is 11.1. The highest BCUT2D eigenvalue weighted by atomic mass is 15.3. The second kappa shape index (κ2) is 6.22. The molecule has 0 fully saturated rings. The van der Waals surface area contributed by atoms with Gasteiger partial charge in [0.05, 0.1) is 0 Å². The van der Waals surface area contributed by atoms with Crippen LogP contribution in [0.3, 0.4) is 0 Å². The van der Waals surface area contributed by atoms with E-state index in [0.29, 0.717) is 17.8 Å². The minimum Gasteiger partial charge on any atom is -0.368 e. The Hall–Kier alpha value is -1.59. The Kier molecular flexibility index (Phi) is 4.93. The van der Waals surface area contributed by atoms with Crippen molar-refractivity contribution in [1.29, 1.82) is 0 Å². The minimum absolute atomic E-state index is 0.258. The quantitative estimate of drug-likeness (QED) is 0.779. The summed E-state index contributed by atoms with van der Waals surface area (Å²) in [6, 6.07) is 0. The summed E-state index contributed by atoms with van der Waals surface area (Å²) in [5, 5.41) is 3.16. The zero-order chi connectivity index (χ0) is 12.8. The normalized spacial score (nSPS) is 10.6. The molecule has 1 aromatic rings. The van der Waals surface area contributed by atoms with E-state index in [9.17, 15) is 0 Å². The SMILES string of the molecule is CCN(CC)c1nc(N)nc(NCC(C)C)n1. The molecule has 0 aliphatic carbocycles. The number of hydrogen-bond acceptors (Lipinski definition) is 6. The van der Waals surface area contributed by atoms with E-state index in [1.807, 2.05) is 4.90 Å². The molecule has 96 valence electrons. The summed E-state index contributed by atoms with van der Waals surface area (Å²) in [4.78, 5) is 14.6. The summed E-state index contributed by atoms with van der Waals surface area (Å²) in [5.41, 5.74) is 5.68. The van der Waals surface area contributed by atoms with Crippen molar-refractivity contribution in [3.8, 4) is 0 Å². The largest absolute Gasteiger partial charge is 0.368 e. The van der Waals surface area contributed by atoms with Crippen LogP contribution in [0.15, 0.2) is 0 Å². The fourth-order valence-electron chi connectivity index (χ4n) is 1.40. The molecule has 0 radical (unpaired) electrons.